The summed E-state index contributed by atoms with van der Waals surface area (Å²) in [4.78, 5) is 28.4. The number of anilines is 1. The molecule has 8 heteroatoms. The number of amides is 1. The first-order valence-electron chi connectivity index (χ1n) is 15.8. The molecule has 3 aliphatic rings. The summed E-state index contributed by atoms with van der Waals surface area (Å²) in [6, 6.07) is 28.9. The molecule has 47 heavy (non-hydrogen) atoms. The molecule has 4 aromatic carbocycles. The Morgan fingerprint density at radius 2 is 1.64 bits per heavy atom. The number of hydrogen-bond donors (Lipinski definition) is 2. The van der Waals surface area contributed by atoms with Crippen LogP contribution in [0.2, 0.25) is 0 Å². The average molecular weight is 630 g/mol. The van der Waals surface area contributed by atoms with Gasteiger partial charge in [0.15, 0.2) is 5.76 Å². The maximum absolute atomic E-state index is 14.3. The van der Waals surface area contributed by atoms with Crippen molar-refractivity contribution in [3.63, 3.8) is 0 Å². The van der Waals surface area contributed by atoms with E-state index in [9.17, 15) is 4.79 Å². The topological polar surface area (TPSA) is 81.3 Å². The molecule has 0 aromatic heterocycles. The molecule has 1 atom stereocenters. The summed E-state index contributed by atoms with van der Waals surface area (Å²) in [5.41, 5.74) is 7.09. The zero-order valence-corrected chi connectivity index (χ0v) is 27.1. The van der Waals surface area contributed by atoms with Gasteiger partial charge >= 0.3 is 0 Å². The number of nitrogens with one attached hydrogen (secondary N) is 2. The third-order valence-corrected chi connectivity index (χ3v) is 9.29. The van der Waals surface area contributed by atoms with Gasteiger partial charge in [0.2, 0.25) is 0 Å². The number of nitrogens with zero attached hydrogens (tertiary/aromatic N) is 1. The van der Waals surface area contributed by atoms with Crippen LogP contribution >= 0.6 is 0 Å². The Labute approximate surface area is 274 Å². The number of ether oxygens (including phenoxy) is 2. The van der Waals surface area contributed by atoms with Gasteiger partial charge in [-0.25, -0.2) is 4.89 Å². The van der Waals surface area contributed by atoms with E-state index in [-0.39, 0.29) is 18.1 Å². The van der Waals surface area contributed by atoms with Gasteiger partial charge < -0.3 is 20.1 Å². The van der Waals surface area contributed by atoms with E-state index in [1.165, 1.54) is 11.1 Å². The van der Waals surface area contributed by atoms with Crippen molar-refractivity contribution in [3.8, 4) is 11.1 Å². The highest BCUT2D eigenvalue weighted by molar-refractivity contribution is 6.01. The van der Waals surface area contributed by atoms with Gasteiger partial charge in [0, 0.05) is 60.5 Å². The number of benzene rings is 4. The van der Waals surface area contributed by atoms with Crippen LogP contribution in [-0.2, 0) is 38.9 Å². The molecule has 0 spiro atoms. The second-order valence-corrected chi connectivity index (χ2v) is 12.8. The van der Waals surface area contributed by atoms with Crippen molar-refractivity contribution in [2.24, 2.45) is 0 Å². The summed E-state index contributed by atoms with van der Waals surface area (Å²) in [7, 11) is 3.09. The van der Waals surface area contributed by atoms with E-state index in [2.05, 4.69) is 84.0 Å². The van der Waals surface area contributed by atoms with Crippen LogP contribution in [0.3, 0.4) is 0 Å². The Balaban J connectivity index is 1.28. The largest absolute Gasteiger partial charge is 0.495 e. The quantitative estimate of drug-likeness (QED) is 0.230. The summed E-state index contributed by atoms with van der Waals surface area (Å²) in [6.45, 7) is 6.47. The highest BCUT2D eigenvalue weighted by Gasteiger charge is 2.41. The SMILES string of the molecule is COC1=Cc2c(C(=O)NCC(C)(C)N(Cc3ccccc3)Cc3ccccc3)cc3c4c2=CC1(OC)OOCc1ccc(c-3c1)NC=4. The highest BCUT2D eigenvalue weighted by Crippen LogP contribution is 2.36. The summed E-state index contributed by atoms with van der Waals surface area (Å²) >= 11 is 0. The van der Waals surface area contributed by atoms with Crippen molar-refractivity contribution < 1.29 is 24.0 Å². The van der Waals surface area contributed by atoms with Gasteiger partial charge in [0.1, 0.15) is 6.61 Å². The first-order chi connectivity index (χ1) is 22.8. The Bertz CT molecular complexity index is 1930. The molecule has 0 radical (unpaired) electrons. The van der Waals surface area contributed by atoms with Crippen molar-refractivity contribution in [2.75, 3.05) is 26.1 Å². The summed E-state index contributed by atoms with van der Waals surface area (Å²) in [5, 5.41) is 8.45. The minimum absolute atomic E-state index is 0.176. The lowest BCUT2D eigenvalue weighted by atomic mass is 9.87. The lowest BCUT2D eigenvalue weighted by molar-refractivity contribution is -0.402. The summed E-state index contributed by atoms with van der Waals surface area (Å²) in [6.07, 6.45) is 5.61. The molecule has 1 amide bonds. The number of carbonyl (C=O) groups excluding carboxylic acids is 1. The Morgan fingerprint density at radius 3 is 2.30 bits per heavy atom. The Morgan fingerprint density at radius 1 is 0.936 bits per heavy atom. The molecule has 0 fully saturated rings. The molecular weight excluding hydrogens is 590 g/mol. The molecule has 2 N–H and O–H groups in total. The van der Waals surface area contributed by atoms with Gasteiger partial charge in [-0.2, -0.15) is 4.89 Å². The number of hydrogen-bond acceptors (Lipinski definition) is 7. The molecule has 0 saturated carbocycles. The zero-order valence-electron chi connectivity index (χ0n) is 27.1. The smallest absolute Gasteiger partial charge is 0.279 e. The van der Waals surface area contributed by atoms with E-state index in [4.69, 9.17) is 19.2 Å². The lowest BCUT2D eigenvalue weighted by Gasteiger charge is -2.39. The van der Waals surface area contributed by atoms with Crippen molar-refractivity contribution in [1.29, 1.82) is 0 Å². The Kier molecular flexibility index (Phi) is 8.20. The first kappa shape index (κ1) is 30.9. The number of rotatable bonds is 10. The van der Waals surface area contributed by atoms with Crippen LogP contribution in [0.1, 0.15) is 46.5 Å². The van der Waals surface area contributed by atoms with Crippen LogP contribution in [-0.4, -0.2) is 42.9 Å². The fraction of sp³-hybridized carbons (Fsp3) is 0.256. The molecule has 2 aliphatic heterocycles. The molecule has 8 nitrogen and oxygen atoms in total. The normalized spacial score (nSPS) is 17.6. The third-order valence-electron chi connectivity index (χ3n) is 9.29. The average Bonchev–Trinajstić information content (AvgIpc) is 3.11. The fourth-order valence-electron chi connectivity index (χ4n) is 6.52. The zero-order chi connectivity index (χ0) is 32.6. The summed E-state index contributed by atoms with van der Waals surface area (Å²) in [5.74, 6) is -1.24. The van der Waals surface area contributed by atoms with Gasteiger partial charge in [-0.05, 0) is 77.2 Å². The van der Waals surface area contributed by atoms with Crippen molar-refractivity contribution in [3.05, 3.63) is 129 Å². The molecular formula is C39H39N3O5. The second-order valence-electron chi connectivity index (χ2n) is 12.8. The van der Waals surface area contributed by atoms with Crippen LogP contribution in [0.4, 0.5) is 5.69 Å². The van der Waals surface area contributed by atoms with Gasteiger partial charge in [0.25, 0.3) is 11.7 Å². The van der Waals surface area contributed by atoms with Crippen LogP contribution in [0.5, 0.6) is 0 Å². The van der Waals surface area contributed by atoms with E-state index < -0.39 is 5.79 Å². The maximum atomic E-state index is 14.3. The van der Waals surface area contributed by atoms with Crippen molar-refractivity contribution >= 4 is 29.9 Å². The molecule has 1 unspecified atom stereocenters. The van der Waals surface area contributed by atoms with E-state index in [0.717, 1.165) is 51.5 Å². The minimum Gasteiger partial charge on any atom is -0.495 e. The molecule has 2 heterocycles. The summed E-state index contributed by atoms with van der Waals surface area (Å²) < 4.78 is 11.7. The van der Waals surface area contributed by atoms with Crippen molar-refractivity contribution in [1.82, 2.24) is 10.2 Å². The maximum Gasteiger partial charge on any atom is 0.279 e. The predicted molar refractivity (Wildman–Crippen MR) is 183 cm³/mol. The molecule has 0 saturated heterocycles. The molecule has 240 valence electrons. The second kappa shape index (κ2) is 12.5. The predicted octanol–water partition coefficient (Wildman–Crippen LogP) is 5.31. The molecule has 1 aliphatic carbocycles. The van der Waals surface area contributed by atoms with Gasteiger partial charge in [0.05, 0.1) is 7.11 Å². The molecule has 4 aromatic rings. The van der Waals surface area contributed by atoms with E-state index in [1.54, 1.807) is 14.2 Å². The van der Waals surface area contributed by atoms with Crippen LogP contribution < -0.4 is 21.1 Å². The third kappa shape index (κ3) is 5.85. The van der Waals surface area contributed by atoms with E-state index in [1.807, 2.05) is 48.7 Å². The molecule has 7 rings (SSSR count). The standard InChI is InChI=1S/C39H39N3O5/c1-38(2,42(22-26-11-7-5-8-12-26)23-27-13-9-6-10-14-27)25-41-37(43)32-18-29-31-17-28-15-16-35(31)40-21-34(29)33-20-39(45-4,47-46-24-28)36(44-3)19-30(32)33/h5-21,40H,22-25H2,1-4H3,(H,41,43). The van der Waals surface area contributed by atoms with E-state index in [0.29, 0.717) is 17.9 Å². The number of carbonyl (C=O) groups is 1. The van der Waals surface area contributed by atoms with E-state index >= 15 is 0 Å². The fourth-order valence-corrected chi connectivity index (χ4v) is 6.52. The minimum atomic E-state index is -1.44. The highest BCUT2D eigenvalue weighted by atomic mass is 17.2. The number of fused-ring (bicyclic) bond motifs is 2. The number of methoxy groups -OCH3 is 2. The van der Waals surface area contributed by atoms with Crippen LogP contribution in [0.25, 0.3) is 29.5 Å². The van der Waals surface area contributed by atoms with Gasteiger partial charge in [-0.3, -0.25) is 9.69 Å². The van der Waals surface area contributed by atoms with Crippen LogP contribution in [0.15, 0.2) is 90.7 Å². The van der Waals surface area contributed by atoms with Crippen LogP contribution in [0, 0.1) is 0 Å². The monoisotopic (exact) mass is 629 g/mol. The molecule has 6 bridgehead atoms. The first-order valence-corrected chi connectivity index (χ1v) is 15.8. The van der Waals surface area contributed by atoms with Gasteiger partial charge in [-0.1, -0.05) is 66.7 Å². The van der Waals surface area contributed by atoms with Crippen molar-refractivity contribution in [2.45, 2.75) is 44.9 Å². The Hall–Kier alpha value is -4.73. The van der Waals surface area contributed by atoms with Gasteiger partial charge in [-0.15, -0.1) is 0 Å². The lowest BCUT2D eigenvalue weighted by Crippen LogP contribution is -2.51.